The van der Waals surface area contributed by atoms with Crippen LogP contribution in [0.5, 0.6) is 17.2 Å². The third-order valence-corrected chi connectivity index (χ3v) is 4.99. The van der Waals surface area contributed by atoms with E-state index in [4.69, 9.17) is 25.8 Å². The topological polar surface area (TPSA) is 39.7 Å². The van der Waals surface area contributed by atoms with Gasteiger partial charge in [-0.2, -0.15) is 0 Å². The van der Waals surface area contributed by atoms with Gasteiger partial charge >= 0.3 is 0 Å². The van der Waals surface area contributed by atoms with Crippen molar-refractivity contribution < 1.29 is 14.2 Å². The van der Waals surface area contributed by atoms with Crippen LogP contribution < -0.4 is 19.5 Å². The van der Waals surface area contributed by atoms with Gasteiger partial charge in [0.1, 0.15) is 5.75 Å². The molecule has 0 aromatic heterocycles. The lowest BCUT2D eigenvalue weighted by Crippen LogP contribution is -2.13. The van der Waals surface area contributed by atoms with Gasteiger partial charge in [0.05, 0.1) is 20.8 Å². The van der Waals surface area contributed by atoms with Crippen LogP contribution in [0.25, 0.3) is 0 Å². The maximum atomic E-state index is 6.34. The van der Waals surface area contributed by atoms with Crippen LogP contribution in [0.15, 0.2) is 36.4 Å². The minimum atomic E-state index is 0.636. The Balaban J connectivity index is 1.76. The fourth-order valence-electron chi connectivity index (χ4n) is 2.97. The van der Waals surface area contributed by atoms with E-state index >= 15 is 0 Å². The number of hydrogen-bond acceptors (Lipinski definition) is 4. The van der Waals surface area contributed by atoms with Gasteiger partial charge in [0.15, 0.2) is 11.5 Å². The first-order valence-corrected chi connectivity index (χ1v) is 10.4. The third-order valence-electron chi connectivity index (χ3n) is 4.64. The molecule has 0 spiro atoms. The van der Waals surface area contributed by atoms with E-state index in [0.29, 0.717) is 23.1 Å². The highest BCUT2D eigenvalue weighted by molar-refractivity contribution is 6.31. The normalized spacial score (nSPS) is 10.7. The molecular weight excluding hydrogens is 374 g/mol. The van der Waals surface area contributed by atoms with Gasteiger partial charge in [-0.3, -0.25) is 0 Å². The molecule has 0 amide bonds. The Hall–Kier alpha value is -1.91. The smallest absolute Gasteiger partial charge is 0.162 e. The van der Waals surface area contributed by atoms with Crippen molar-refractivity contribution in [3.05, 3.63) is 52.5 Å². The van der Waals surface area contributed by atoms with Crippen molar-refractivity contribution in [3.63, 3.8) is 0 Å². The second-order valence-electron chi connectivity index (χ2n) is 6.81. The highest BCUT2D eigenvalue weighted by Gasteiger charge is 2.09. The van der Waals surface area contributed by atoms with Crippen LogP contribution in [0.2, 0.25) is 5.02 Å². The van der Waals surface area contributed by atoms with Crippen molar-refractivity contribution in [2.24, 2.45) is 0 Å². The van der Waals surface area contributed by atoms with E-state index in [1.54, 1.807) is 20.3 Å². The Labute approximate surface area is 174 Å². The van der Waals surface area contributed by atoms with Gasteiger partial charge in [0, 0.05) is 24.2 Å². The van der Waals surface area contributed by atoms with Crippen LogP contribution in [0, 0.1) is 0 Å². The van der Waals surface area contributed by atoms with Crippen LogP contribution in [0.4, 0.5) is 0 Å². The maximum absolute atomic E-state index is 6.34. The average molecular weight is 406 g/mol. The van der Waals surface area contributed by atoms with E-state index < -0.39 is 0 Å². The zero-order chi connectivity index (χ0) is 20.2. The summed E-state index contributed by atoms with van der Waals surface area (Å²) in [5.74, 6) is 2.25. The van der Waals surface area contributed by atoms with Crippen molar-refractivity contribution in [2.75, 3.05) is 20.8 Å². The summed E-state index contributed by atoms with van der Waals surface area (Å²) in [5.41, 5.74) is 2.18. The second kappa shape index (κ2) is 12.5. The molecule has 0 aliphatic carbocycles. The largest absolute Gasteiger partial charge is 0.494 e. The molecular formula is C23H32ClNO3. The van der Waals surface area contributed by atoms with Gasteiger partial charge in [-0.15, -0.1) is 0 Å². The zero-order valence-corrected chi connectivity index (χ0v) is 18.0. The van der Waals surface area contributed by atoms with Gasteiger partial charge in [-0.05, 0) is 35.7 Å². The molecule has 0 saturated heterocycles. The molecule has 0 unspecified atom stereocenters. The van der Waals surface area contributed by atoms with Crippen LogP contribution in [-0.4, -0.2) is 20.8 Å². The van der Waals surface area contributed by atoms with Crippen LogP contribution >= 0.6 is 11.6 Å². The minimum absolute atomic E-state index is 0.636. The molecule has 0 heterocycles. The average Bonchev–Trinajstić information content (AvgIpc) is 2.72. The summed E-state index contributed by atoms with van der Waals surface area (Å²) in [4.78, 5) is 0. The lowest BCUT2D eigenvalue weighted by Gasteiger charge is -2.12. The fourth-order valence-corrected chi connectivity index (χ4v) is 3.19. The van der Waals surface area contributed by atoms with E-state index in [9.17, 15) is 0 Å². The number of benzene rings is 2. The number of hydrogen-bond donors (Lipinski definition) is 1. The molecule has 2 rings (SSSR count). The van der Waals surface area contributed by atoms with Crippen molar-refractivity contribution in [2.45, 2.75) is 52.1 Å². The second-order valence-corrected chi connectivity index (χ2v) is 7.22. The predicted octanol–water partition coefficient (Wildman–Crippen LogP) is 6.00. The number of rotatable bonds is 13. The molecule has 0 aliphatic rings. The van der Waals surface area contributed by atoms with Crippen LogP contribution in [0.1, 0.15) is 50.2 Å². The molecule has 1 N–H and O–H groups in total. The summed E-state index contributed by atoms with van der Waals surface area (Å²) in [6, 6.07) is 11.9. The Morgan fingerprint density at radius 2 is 1.54 bits per heavy atom. The third kappa shape index (κ3) is 7.25. The lowest BCUT2D eigenvalue weighted by molar-refractivity contribution is 0.304. The quantitative estimate of drug-likeness (QED) is 0.415. The molecule has 2 aromatic rings. The highest BCUT2D eigenvalue weighted by atomic mass is 35.5. The summed E-state index contributed by atoms with van der Waals surface area (Å²) in [6.07, 6.45) is 6.25. The van der Waals surface area contributed by atoms with E-state index in [-0.39, 0.29) is 0 Å². The predicted molar refractivity (Wildman–Crippen MR) is 116 cm³/mol. The molecule has 0 bridgehead atoms. The van der Waals surface area contributed by atoms with E-state index in [0.717, 1.165) is 30.9 Å². The highest BCUT2D eigenvalue weighted by Crippen LogP contribution is 2.33. The Kier molecular flexibility index (Phi) is 10.0. The van der Waals surface area contributed by atoms with Crippen molar-refractivity contribution >= 4 is 11.6 Å². The molecule has 4 nitrogen and oxygen atoms in total. The summed E-state index contributed by atoms with van der Waals surface area (Å²) in [6.45, 7) is 4.42. The molecule has 0 aliphatic heterocycles. The SMILES string of the molecule is CCCCCCCOc1ccc(CNCc2cc(OC)c(OC)cc2Cl)cc1. The molecule has 0 fully saturated rings. The van der Waals surface area contributed by atoms with E-state index in [1.165, 1.54) is 31.2 Å². The first-order valence-electron chi connectivity index (χ1n) is 10.0. The molecule has 2 aromatic carbocycles. The Morgan fingerprint density at radius 3 is 2.21 bits per heavy atom. The van der Waals surface area contributed by atoms with Crippen LogP contribution in [0.3, 0.4) is 0 Å². The molecule has 154 valence electrons. The molecule has 28 heavy (non-hydrogen) atoms. The van der Waals surface area contributed by atoms with Gasteiger partial charge in [-0.25, -0.2) is 0 Å². The first-order chi connectivity index (χ1) is 13.7. The summed E-state index contributed by atoms with van der Waals surface area (Å²) in [5, 5.41) is 4.08. The summed E-state index contributed by atoms with van der Waals surface area (Å²) >= 11 is 6.34. The molecule has 0 saturated carbocycles. The zero-order valence-electron chi connectivity index (χ0n) is 17.2. The number of unbranched alkanes of at least 4 members (excludes halogenated alkanes) is 4. The van der Waals surface area contributed by atoms with E-state index in [1.807, 2.05) is 18.2 Å². The van der Waals surface area contributed by atoms with Crippen LogP contribution in [-0.2, 0) is 13.1 Å². The summed E-state index contributed by atoms with van der Waals surface area (Å²) in [7, 11) is 3.23. The monoisotopic (exact) mass is 405 g/mol. The standard InChI is InChI=1S/C23H32ClNO3/c1-4-5-6-7-8-13-28-20-11-9-18(10-12-20)16-25-17-19-14-22(26-2)23(27-3)15-21(19)24/h9-12,14-15,25H,4-8,13,16-17H2,1-3H3. The molecule has 0 radical (unpaired) electrons. The van der Waals surface area contributed by atoms with Crippen molar-refractivity contribution in [1.29, 1.82) is 0 Å². The first kappa shape index (κ1) is 22.4. The van der Waals surface area contributed by atoms with Crippen molar-refractivity contribution in [3.8, 4) is 17.2 Å². The Morgan fingerprint density at radius 1 is 0.857 bits per heavy atom. The number of ether oxygens (including phenoxy) is 3. The van der Waals surface area contributed by atoms with E-state index in [2.05, 4.69) is 24.4 Å². The van der Waals surface area contributed by atoms with Gasteiger partial charge in [-0.1, -0.05) is 56.3 Å². The van der Waals surface area contributed by atoms with Gasteiger partial charge < -0.3 is 19.5 Å². The number of halogens is 1. The molecule has 0 atom stereocenters. The number of methoxy groups -OCH3 is 2. The minimum Gasteiger partial charge on any atom is -0.494 e. The summed E-state index contributed by atoms with van der Waals surface area (Å²) < 4.78 is 16.4. The maximum Gasteiger partial charge on any atom is 0.162 e. The molecule has 5 heteroatoms. The lowest BCUT2D eigenvalue weighted by atomic mass is 10.1. The van der Waals surface area contributed by atoms with Gasteiger partial charge in [0.2, 0.25) is 0 Å². The number of nitrogens with one attached hydrogen (secondary N) is 1. The fraction of sp³-hybridized carbons (Fsp3) is 0.478. The van der Waals surface area contributed by atoms with Gasteiger partial charge in [0.25, 0.3) is 0 Å². The van der Waals surface area contributed by atoms with Crippen molar-refractivity contribution in [1.82, 2.24) is 5.32 Å². The Bertz CT molecular complexity index is 704.